The quantitative estimate of drug-likeness (QED) is 0.500. The van der Waals surface area contributed by atoms with E-state index in [0.29, 0.717) is 12.8 Å². The first-order chi connectivity index (χ1) is 17.5. The van der Waals surface area contributed by atoms with Crippen molar-refractivity contribution < 1.29 is 22.0 Å². The Bertz CT molecular complexity index is 1610. The number of hydrogen-bond donors (Lipinski definition) is 2. The summed E-state index contributed by atoms with van der Waals surface area (Å²) in [5, 5.41) is 1.63. The van der Waals surface area contributed by atoms with Gasteiger partial charge in [-0.3, -0.25) is 19.1 Å². The number of H-pyrrole nitrogens is 1. The van der Waals surface area contributed by atoms with Gasteiger partial charge in [-0.1, -0.05) is 11.6 Å². The number of amides is 1. The maximum Gasteiger partial charge on any atom is 0.328 e. The van der Waals surface area contributed by atoms with E-state index in [0.717, 1.165) is 25.0 Å². The van der Waals surface area contributed by atoms with Crippen molar-refractivity contribution in [1.82, 2.24) is 9.55 Å². The number of benzene rings is 2. The van der Waals surface area contributed by atoms with Crippen LogP contribution in [0.4, 0.5) is 14.5 Å². The molecule has 8 nitrogen and oxygen atoms in total. The van der Waals surface area contributed by atoms with Crippen molar-refractivity contribution in [3.63, 3.8) is 0 Å². The second kappa shape index (κ2) is 9.53. The van der Waals surface area contributed by atoms with Crippen molar-refractivity contribution in [2.75, 3.05) is 5.32 Å². The average Bonchev–Trinajstić information content (AvgIpc) is 3.09. The minimum atomic E-state index is -3.95. The van der Waals surface area contributed by atoms with Crippen molar-refractivity contribution in [2.24, 2.45) is 11.8 Å². The number of rotatable bonds is 5. The number of aromatic nitrogens is 2. The fourth-order valence-electron chi connectivity index (χ4n) is 5.63. The molecule has 37 heavy (non-hydrogen) atoms. The van der Waals surface area contributed by atoms with Gasteiger partial charge in [-0.05, 0) is 67.9 Å². The van der Waals surface area contributed by atoms with Gasteiger partial charge >= 0.3 is 5.69 Å². The van der Waals surface area contributed by atoms with Gasteiger partial charge in [0.05, 0.1) is 15.2 Å². The van der Waals surface area contributed by atoms with E-state index in [1.807, 2.05) is 0 Å². The number of nitrogens with zero attached hydrogens (tertiary/aromatic N) is 1. The fourth-order valence-corrected chi connectivity index (χ4v) is 8.06. The molecule has 0 aliphatic heterocycles. The number of aromatic amines is 1. The molecule has 2 N–H and O–H groups in total. The van der Waals surface area contributed by atoms with Crippen LogP contribution in [0.1, 0.15) is 42.1 Å². The van der Waals surface area contributed by atoms with Gasteiger partial charge in [0.2, 0.25) is 0 Å². The molecule has 2 aliphatic rings. The Morgan fingerprint density at radius 2 is 1.70 bits per heavy atom. The first-order valence-corrected chi connectivity index (χ1v) is 13.6. The zero-order chi connectivity index (χ0) is 26.5. The number of anilines is 1. The van der Waals surface area contributed by atoms with Gasteiger partial charge in [0.25, 0.3) is 11.5 Å². The molecule has 0 spiro atoms. The average molecular weight is 550 g/mol. The predicted molar refractivity (Wildman–Crippen MR) is 133 cm³/mol. The Hall–Kier alpha value is -3.31. The molecule has 5 rings (SSSR count). The highest BCUT2D eigenvalue weighted by atomic mass is 35.5. The first-order valence-electron chi connectivity index (χ1n) is 11.7. The van der Waals surface area contributed by atoms with Crippen molar-refractivity contribution in [3.05, 3.63) is 91.7 Å². The molecule has 2 saturated carbocycles. The number of nitrogens with one attached hydrogen (secondary N) is 2. The highest BCUT2D eigenvalue weighted by Crippen LogP contribution is 2.51. The van der Waals surface area contributed by atoms with Crippen LogP contribution >= 0.6 is 11.6 Å². The Morgan fingerprint density at radius 3 is 2.35 bits per heavy atom. The topological polar surface area (TPSA) is 118 Å². The minimum absolute atomic E-state index is 0.00986. The van der Waals surface area contributed by atoms with E-state index in [-0.39, 0.29) is 39.0 Å². The lowest BCUT2D eigenvalue weighted by atomic mass is 9.83. The van der Waals surface area contributed by atoms with E-state index in [2.05, 4.69) is 10.3 Å². The standard InChI is InChI=1S/C25H22ClF2N3O5S/c26-18-5-3-15(24(33)29-16-4-6-19(27)20(28)12-16)11-21(18)37(35,36)17-9-13-1-2-14(10-17)23(13)31-8-7-22(32)30-25(31)34/h3-8,11-14,17,23H,1-2,9-10H2,(H,29,33)(H,30,32,34). The van der Waals surface area contributed by atoms with E-state index in [1.54, 1.807) is 0 Å². The van der Waals surface area contributed by atoms with Crippen LogP contribution in [0.3, 0.4) is 0 Å². The Kier molecular flexibility index (Phi) is 6.53. The molecule has 2 aromatic carbocycles. The molecule has 1 heterocycles. The molecule has 3 aromatic rings. The smallest absolute Gasteiger partial charge is 0.322 e. The van der Waals surface area contributed by atoms with E-state index < -0.39 is 43.9 Å². The predicted octanol–water partition coefficient (Wildman–Crippen LogP) is 3.92. The summed E-state index contributed by atoms with van der Waals surface area (Å²) in [6.07, 6.45) is 3.56. The van der Waals surface area contributed by atoms with Gasteiger partial charge in [0.15, 0.2) is 21.5 Å². The van der Waals surface area contributed by atoms with Crippen LogP contribution in [-0.2, 0) is 9.84 Å². The molecule has 0 saturated heterocycles. The number of fused-ring (bicyclic) bond motifs is 2. The molecule has 2 atom stereocenters. The van der Waals surface area contributed by atoms with Gasteiger partial charge in [0, 0.05) is 35.6 Å². The lowest BCUT2D eigenvalue weighted by molar-refractivity contribution is 0.102. The van der Waals surface area contributed by atoms with E-state index in [4.69, 9.17) is 11.6 Å². The molecule has 1 amide bonds. The van der Waals surface area contributed by atoms with E-state index in [9.17, 15) is 31.6 Å². The largest absolute Gasteiger partial charge is 0.328 e. The third-order valence-electron chi connectivity index (χ3n) is 7.29. The Labute approximate surface area is 215 Å². The second-order valence-electron chi connectivity index (χ2n) is 9.47. The lowest BCUT2D eigenvalue weighted by Gasteiger charge is -2.36. The summed E-state index contributed by atoms with van der Waals surface area (Å²) in [6.45, 7) is 0. The van der Waals surface area contributed by atoms with Crippen LogP contribution in [0.15, 0.2) is 63.1 Å². The van der Waals surface area contributed by atoms with Crippen molar-refractivity contribution in [1.29, 1.82) is 0 Å². The molecule has 2 unspecified atom stereocenters. The Balaban J connectivity index is 1.39. The van der Waals surface area contributed by atoms with Gasteiger partial charge in [-0.2, -0.15) is 0 Å². The van der Waals surface area contributed by atoms with Gasteiger partial charge in [-0.15, -0.1) is 0 Å². The van der Waals surface area contributed by atoms with E-state index in [1.165, 1.54) is 41.1 Å². The molecule has 1 aromatic heterocycles. The normalized spacial score (nSPS) is 23.1. The van der Waals surface area contributed by atoms with Crippen LogP contribution in [0.2, 0.25) is 5.02 Å². The maximum atomic E-state index is 13.7. The number of carbonyl (C=O) groups is 1. The SMILES string of the molecule is O=C(Nc1ccc(F)c(F)c1)c1ccc(Cl)c(S(=O)(=O)C2CC3CCC(C2)C3n2ccc(=O)[nH]c2=O)c1. The van der Waals surface area contributed by atoms with Gasteiger partial charge in [0.1, 0.15) is 0 Å². The molecule has 2 bridgehead atoms. The second-order valence-corrected chi connectivity index (χ2v) is 12.1. The third kappa shape index (κ3) is 4.73. The molecular weight excluding hydrogens is 528 g/mol. The summed E-state index contributed by atoms with van der Waals surface area (Å²) < 4.78 is 55.5. The summed E-state index contributed by atoms with van der Waals surface area (Å²) in [7, 11) is -3.95. The van der Waals surface area contributed by atoms with Crippen molar-refractivity contribution >= 4 is 33.0 Å². The fraction of sp³-hybridized carbons (Fsp3) is 0.320. The van der Waals surface area contributed by atoms with Crippen molar-refractivity contribution in [3.8, 4) is 0 Å². The molecule has 2 fully saturated rings. The summed E-state index contributed by atoms with van der Waals surface area (Å²) >= 11 is 6.27. The zero-order valence-electron chi connectivity index (χ0n) is 19.3. The number of hydrogen-bond acceptors (Lipinski definition) is 5. The summed E-state index contributed by atoms with van der Waals surface area (Å²) in [5.74, 6) is -3.07. The van der Waals surface area contributed by atoms with Gasteiger partial charge < -0.3 is 5.32 Å². The zero-order valence-corrected chi connectivity index (χ0v) is 20.9. The highest BCUT2D eigenvalue weighted by molar-refractivity contribution is 7.92. The van der Waals surface area contributed by atoms with E-state index >= 15 is 0 Å². The highest BCUT2D eigenvalue weighted by Gasteiger charge is 2.48. The summed E-state index contributed by atoms with van der Waals surface area (Å²) in [5.41, 5.74) is -1.01. The van der Waals surface area contributed by atoms with Crippen molar-refractivity contribution in [2.45, 2.75) is 41.9 Å². The molecule has 12 heteroatoms. The molecule has 194 valence electrons. The Morgan fingerprint density at radius 1 is 1.00 bits per heavy atom. The molecular formula is C25H22ClF2N3O5S. The van der Waals surface area contributed by atoms with Crippen LogP contribution < -0.4 is 16.6 Å². The maximum absolute atomic E-state index is 13.7. The number of halogens is 3. The molecule has 0 radical (unpaired) electrons. The number of carbonyl (C=O) groups excluding carboxylic acids is 1. The van der Waals surface area contributed by atoms with Crippen LogP contribution in [-0.4, -0.2) is 29.1 Å². The van der Waals surface area contributed by atoms with Gasteiger partial charge in [-0.25, -0.2) is 22.0 Å². The molecule has 2 aliphatic carbocycles. The van der Waals surface area contributed by atoms with Crippen LogP contribution in [0, 0.1) is 23.5 Å². The van der Waals surface area contributed by atoms with Crippen LogP contribution in [0.25, 0.3) is 0 Å². The minimum Gasteiger partial charge on any atom is -0.322 e. The third-order valence-corrected chi connectivity index (χ3v) is 9.95. The summed E-state index contributed by atoms with van der Waals surface area (Å²) in [4.78, 5) is 38.6. The first kappa shape index (κ1) is 25.3. The monoisotopic (exact) mass is 549 g/mol. The summed E-state index contributed by atoms with van der Waals surface area (Å²) in [6, 6.07) is 7.80. The lowest BCUT2D eigenvalue weighted by Crippen LogP contribution is -2.41. The van der Waals surface area contributed by atoms with Crippen LogP contribution in [0.5, 0.6) is 0 Å². The number of sulfone groups is 1.